The first-order valence-corrected chi connectivity index (χ1v) is 10.4. The Morgan fingerprint density at radius 2 is 2.07 bits per heavy atom. The highest BCUT2D eigenvalue weighted by Crippen LogP contribution is 2.59. The van der Waals surface area contributed by atoms with Crippen LogP contribution in [0.4, 0.5) is 5.82 Å². The van der Waals surface area contributed by atoms with Crippen LogP contribution in [0.15, 0.2) is 36.0 Å². The summed E-state index contributed by atoms with van der Waals surface area (Å²) in [5, 5.41) is 10.4. The van der Waals surface area contributed by atoms with Crippen LogP contribution in [0.25, 0.3) is 0 Å². The van der Waals surface area contributed by atoms with E-state index in [9.17, 15) is 5.11 Å². The van der Waals surface area contributed by atoms with E-state index in [2.05, 4.69) is 40.8 Å². The van der Waals surface area contributed by atoms with Gasteiger partial charge >= 0.3 is 0 Å². The molecule has 1 aliphatic heterocycles. The van der Waals surface area contributed by atoms with Crippen LogP contribution in [-0.4, -0.2) is 67.0 Å². The normalized spacial score (nSPS) is 28.4. The summed E-state index contributed by atoms with van der Waals surface area (Å²) in [6.45, 7) is 10.4. The smallest absolute Gasteiger partial charge is 0.128 e. The van der Waals surface area contributed by atoms with Gasteiger partial charge < -0.3 is 14.7 Å². The molecule has 5 heteroatoms. The molecule has 0 aromatic carbocycles. The van der Waals surface area contributed by atoms with Crippen LogP contribution < -0.4 is 4.90 Å². The zero-order valence-corrected chi connectivity index (χ0v) is 16.7. The fourth-order valence-corrected chi connectivity index (χ4v) is 5.00. The van der Waals surface area contributed by atoms with Crippen molar-refractivity contribution in [3.8, 4) is 0 Å². The highest BCUT2D eigenvalue weighted by molar-refractivity contribution is 5.38. The van der Waals surface area contributed by atoms with E-state index in [-0.39, 0.29) is 0 Å². The van der Waals surface area contributed by atoms with Crippen LogP contribution in [0, 0.1) is 17.3 Å². The number of rotatable bonds is 7. The highest BCUT2D eigenvalue weighted by atomic mass is 16.5. The first-order chi connectivity index (χ1) is 13.0. The highest BCUT2D eigenvalue weighted by Gasteiger charge is 2.50. The largest absolute Gasteiger partial charge is 0.389 e. The zero-order valence-electron chi connectivity index (χ0n) is 16.7. The second-order valence-corrected chi connectivity index (χ2v) is 8.97. The molecule has 1 aromatic heterocycles. The Labute approximate surface area is 163 Å². The monoisotopic (exact) mass is 371 g/mol. The van der Waals surface area contributed by atoms with E-state index < -0.39 is 6.10 Å². The minimum atomic E-state index is -0.419. The second-order valence-electron chi connectivity index (χ2n) is 8.97. The Bertz CT molecular complexity index is 653. The first-order valence-electron chi connectivity index (χ1n) is 10.4. The van der Waals surface area contributed by atoms with Crippen molar-refractivity contribution >= 4 is 5.82 Å². The third-order valence-electron chi connectivity index (χ3n) is 6.98. The Morgan fingerprint density at radius 1 is 1.26 bits per heavy atom. The maximum atomic E-state index is 10.4. The van der Waals surface area contributed by atoms with Gasteiger partial charge in [0.05, 0.1) is 19.3 Å². The van der Waals surface area contributed by atoms with Gasteiger partial charge in [0.2, 0.25) is 0 Å². The van der Waals surface area contributed by atoms with Gasteiger partial charge in [-0.05, 0) is 47.8 Å². The first kappa shape index (κ1) is 18.9. The lowest BCUT2D eigenvalue weighted by molar-refractivity contribution is -0.0262. The lowest BCUT2D eigenvalue weighted by atomic mass is 9.49. The average molecular weight is 372 g/mol. The van der Waals surface area contributed by atoms with Crippen LogP contribution in [0.3, 0.4) is 0 Å². The number of allylic oxidation sites excluding steroid dienone is 1. The molecule has 0 spiro atoms. The Morgan fingerprint density at radius 3 is 2.74 bits per heavy atom. The topological polar surface area (TPSA) is 48.8 Å². The van der Waals surface area contributed by atoms with Crippen molar-refractivity contribution in [2.45, 2.75) is 32.8 Å². The maximum absolute atomic E-state index is 10.4. The van der Waals surface area contributed by atoms with Crippen LogP contribution in [0.5, 0.6) is 0 Å². The summed E-state index contributed by atoms with van der Waals surface area (Å²) < 4.78 is 5.89. The summed E-state index contributed by atoms with van der Waals surface area (Å²) in [5.74, 6) is 2.60. The molecule has 3 atom stereocenters. The number of piperazine rings is 1. The molecule has 0 amide bonds. The van der Waals surface area contributed by atoms with Gasteiger partial charge in [-0.15, -0.1) is 0 Å². The summed E-state index contributed by atoms with van der Waals surface area (Å²) in [6, 6.07) is 6.04. The number of nitrogens with zero attached hydrogens (tertiary/aromatic N) is 3. The van der Waals surface area contributed by atoms with Gasteiger partial charge in [-0.1, -0.05) is 26.0 Å². The number of aromatic nitrogens is 1. The minimum absolute atomic E-state index is 0.419. The molecule has 1 saturated heterocycles. The molecule has 5 nitrogen and oxygen atoms in total. The van der Waals surface area contributed by atoms with Gasteiger partial charge in [0.25, 0.3) is 0 Å². The number of hydrogen-bond donors (Lipinski definition) is 1. The Balaban J connectivity index is 1.16. The standard InChI is InChI=1S/C22H33N3O2/c1-22(2)18-7-6-17(20(22)13-18)15-27-16-19(26)14-24-9-11-25(12-10-24)21-5-3-4-8-23-21/h3-6,8,18-20,26H,7,9-16H2,1-2H3. The van der Waals surface area contributed by atoms with Crippen molar-refractivity contribution in [2.75, 3.05) is 50.8 Å². The van der Waals surface area contributed by atoms with E-state index in [1.165, 1.54) is 18.4 Å². The van der Waals surface area contributed by atoms with Crippen molar-refractivity contribution in [3.63, 3.8) is 0 Å². The van der Waals surface area contributed by atoms with Crippen molar-refractivity contribution in [3.05, 3.63) is 36.0 Å². The third kappa shape index (κ3) is 4.05. The van der Waals surface area contributed by atoms with Crippen molar-refractivity contribution in [2.24, 2.45) is 17.3 Å². The lowest BCUT2D eigenvalue weighted by Crippen LogP contribution is -2.49. The molecule has 2 heterocycles. The molecule has 148 valence electrons. The summed E-state index contributed by atoms with van der Waals surface area (Å²) >= 11 is 0. The molecule has 3 unspecified atom stereocenters. The molecule has 0 radical (unpaired) electrons. The average Bonchev–Trinajstić information content (AvgIpc) is 2.69. The molecule has 3 aliphatic carbocycles. The molecule has 4 aliphatic rings. The summed E-state index contributed by atoms with van der Waals surface area (Å²) in [6.07, 6.45) is 6.33. The number of hydrogen-bond acceptors (Lipinski definition) is 5. The molecule has 1 aromatic rings. The number of aliphatic hydroxyl groups excluding tert-OH is 1. The van der Waals surface area contributed by atoms with Gasteiger partial charge in [0.15, 0.2) is 0 Å². The summed E-state index contributed by atoms with van der Waals surface area (Å²) in [4.78, 5) is 9.06. The molecule has 5 rings (SSSR count). The van der Waals surface area contributed by atoms with E-state index in [4.69, 9.17) is 4.74 Å². The number of ether oxygens (including phenoxy) is 1. The van der Waals surface area contributed by atoms with Crippen molar-refractivity contribution in [1.82, 2.24) is 9.88 Å². The van der Waals surface area contributed by atoms with Gasteiger partial charge in [-0.3, -0.25) is 4.90 Å². The molecule has 1 N–H and O–H groups in total. The summed E-state index contributed by atoms with van der Waals surface area (Å²) in [7, 11) is 0. The Kier molecular flexibility index (Phi) is 5.53. The third-order valence-corrected chi connectivity index (χ3v) is 6.98. The predicted molar refractivity (Wildman–Crippen MR) is 108 cm³/mol. The summed E-state index contributed by atoms with van der Waals surface area (Å²) in [5.41, 5.74) is 1.90. The van der Waals surface area contributed by atoms with Crippen LogP contribution >= 0.6 is 0 Å². The number of β-amino-alcohol motifs (C(OH)–C–C–N with tert-alkyl or cyclic N) is 1. The molecule has 2 bridgehead atoms. The fraction of sp³-hybridized carbons (Fsp3) is 0.682. The number of aliphatic hydroxyl groups is 1. The molecular weight excluding hydrogens is 338 g/mol. The SMILES string of the molecule is CC1(C)C2CC=C(COCC(O)CN3CCN(c4ccccn4)CC3)C1C2. The van der Waals surface area contributed by atoms with E-state index in [1.54, 1.807) is 0 Å². The van der Waals surface area contributed by atoms with Crippen molar-refractivity contribution < 1.29 is 9.84 Å². The number of fused-ring (bicyclic) bond motifs is 1. The maximum Gasteiger partial charge on any atom is 0.128 e. The number of pyridine rings is 1. The van der Waals surface area contributed by atoms with E-state index in [1.807, 2.05) is 18.3 Å². The van der Waals surface area contributed by atoms with Crippen LogP contribution in [0.2, 0.25) is 0 Å². The minimum Gasteiger partial charge on any atom is -0.389 e. The van der Waals surface area contributed by atoms with E-state index in [0.29, 0.717) is 31.1 Å². The van der Waals surface area contributed by atoms with Gasteiger partial charge in [-0.25, -0.2) is 4.98 Å². The molecule has 27 heavy (non-hydrogen) atoms. The second kappa shape index (κ2) is 7.90. The van der Waals surface area contributed by atoms with Gasteiger partial charge in [0.1, 0.15) is 5.82 Å². The van der Waals surface area contributed by atoms with E-state index in [0.717, 1.165) is 37.9 Å². The quantitative estimate of drug-likeness (QED) is 0.747. The van der Waals surface area contributed by atoms with Crippen LogP contribution in [-0.2, 0) is 4.74 Å². The van der Waals surface area contributed by atoms with E-state index >= 15 is 0 Å². The van der Waals surface area contributed by atoms with Gasteiger partial charge in [0, 0.05) is 38.9 Å². The fourth-order valence-electron chi connectivity index (χ4n) is 5.00. The Hall–Kier alpha value is -1.43. The van der Waals surface area contributed by atoms with Crippen LogP contribution in [0.1, 0.15) is 26.7 Å². The van der Waals surface area contributed by atoms with Crippen molar-refractivity contribution in [1.29, 1.82) is 0 Å². The van der Waals surface area contributed by atoms with Gasteiger partial charge in [-0.2, -0.15) is 0 Å². The molecule has 2 fully saturated rings. The number of anilines is 1. The molecular formula is C22H33N3O2. The predicted octanol–water partition coefficient (Wildman–Crippen LogP) is 2.57. The molecule has 1 saturated carbocycles. The zero-order chi connectivity index (χ0) is 18.9. The lowest BCUT2D eigenvalue weighted by Gasteiger charge is -2.56.